The Labute approximate surface area is 183 Å². The fraction of sp³-hybridized carbons (Fsp3) is 0.227. The minimum absolute atomic E-state index is 0.280. The van der Waals surface area contributed by atoms with Crippen molar-refractivity contribution in [2.75, 3.05) is 23.3 Å². The van der Waals surface area contributed by atoms with Crippen LogP contribution in [0.15, 0.2) is 53.1 Å². The van der Waals surface area contributed by atoms with E-state index in [1.54, 1.807) is 23.0 Å². The van der Waals surface area contributed by atoms with E-state index in [1.807, 2.05) is 37.3 Å². The minimum Gasteiger partial charge on any atom is -0.370 e. The predicted octanol–water partition coefficient (Wildman–Crippen LogP) is 3.89. The van der Waals surface area contributed by atoms with Crippen molar-refractivity contribution in [3.05, 3.63) is 70.0 Å². The first kappa shape index (κ1) is 20.2. The summed E-state index contributed by atoms with van der Waals surface area (Å²) in [5.74, 6) is -0.810. The van der Waals surface area contributed by atoms with Crippen LogP contribution < -0.4 is 16.0 Å². The van der Waals surface area contributed by atoms with Gasteiger partial charge in [-0.3, -0.25) is 9.59 Å². The van der Waals surface area contributed by atoms with Crippen LogP contribution in [-0.4, -0.2) is 34.7 Å². The summed E-state index contributed by atoms with van der Waals surface area (Å²) in [5, 5.41) is 7.34. The van der Waals surface area contributed by atoms with Crippen molar-refractivity contribution in [1.29, 1.82) is 0 Å². The SMILES string of the molecule is Cc1c(C(=O)Nc2cc(C(N)=O)ccc2N2CCCC2)cnn1-c1ccc(Br)cc1. The van der Waals surface area contributed by atoms with Crippen molar-refractivity contribution in [2.24, 2.45) is 5.73 Å². The molecule has 30 heavy (non-hydrogen) atoms. The van der Waals surface area contributed by atoms with Crippen molar-refractivity contribution in [1.82, 2.24) is 9.78 Å². The summed E-state index contributed by atoms with van der Waals surface area (Å²) in [6.45, 7) is 3.68. The Balaban J connectivity index is 1.64. The maximum atomic E-state index is 13.1. The molecule has 2 heterocycles. The van der Waals surface area contributed by atoms with E-state index in [2.05, 4.69) is 31.2 Å². The van der Waals surface area contributed by atoms with Gasteiger partial charge in [0, 0.05) is 23.1 Å². The monoisotopic (exact) mass is 467 g/mol. The third-order valence-electron chi connectivity index (χ3n) is 5.30. The summed E-state index contributed by atoms with van der Waals surface area (Å²) in [6.07, 6.45) is 3.76. The van der Waals surface area contributed by atoms with Gasteiger partial charge in [0.05, 0.1) is 34.5 Å². The molecule has 4 rings (SSSR count). The Morgan fingerprint density at radius 2 is 1.80 bits per heavy atom. The largest absolute Gasteiger partial charge is 0.370 e. The molecule has 3 N–H and O–H groups in total. The molecule has 2 aromatic carbocycles. The second-order valence-corrected chi connectivity index (χ2v) is 8.19. The van der Waals surface area contributed by atoms with Crippen LogP contribution in [0.5, 0.6) is 0 Å². The molecule has 0 radical (unpaired) electrons. The summed E-state index contributed by atoms with van der Waals surface area (Å²) in [7, 11) is 0. The number of carbonyl (C=O) groups is 2. The first-order valence-electron chi connectivity index (χ1n) is 9.75. The van der Waals surface area contributed by atoms with Gasteiger partial charge in [-0.1, -0.05) is 15.9 Å². The molecule has 3 aromatic rings. The fourth-order valence-corrected chi connectivity index (χ4v) is 3.95. The highest BCUT2D eigenvalue weighted by atomic mass is 79.9. The van der Waals surface area contributed by atoms with Crippen LogP contribution in [0, 0.1) is 6.92 Å². The normalized spacial score (nSPS) is 13.5. The zero-order valence-electron chi connectivity index (χ0n) is 16.6. The van der Waals surface area contributed by atoms with E-state index in [1.165, 1.54) is 0 Å². The van der Waals surface area contributed by atoms with Gasteiger partial charge < -0.3 is 16.0 Å². The maximum Gasteiger partial charge on any atom is 0.259 e. The molecule has 0 atom stereocenters. The van der Waals surface area contributed by atoms with Gasteiger partial charge in [-0.05, 0) is 62.2 Å². The number of aromatic nitrogens is 2. The maximum absolute atomic E-state index is 13.1. The highest BCUT2D eigenvalue weighted by molar-refractivity contribution is 9.10. The summed E-state index contributed by atoms with van der Waals surface area (Å²) in [5.41, 5.74) is 9.33. The number of halogens is 1. The Bertz CT molecular complexity index is 1100. The topological polar surface area (TPSA) is 93.2 Å². The van der Waals surface area contributed by atoms with Crippen LogP contribution in [0.4, 0.5) is 11.4 Å². The highest BCUT2D eigenvalue weighted by Crippen LogP contribution is 2.31. The Hall–Kier alpha value is -3.13. The van der Waals surface area contributed by atoms with Gasteiger partial charge in [-0.2, -0.15) is 5.10 Å². The average Bonchev–Trinajstić information content (AvgIpc) is 3.38. The molecule has 1 aromatic heterocycles. The van der Waals surface area contributed by atoms with Crippen molar-refractivity contribution in [3.63, 3.8) is 0 Å². The van der Waals surface area contributed by atoms with Crippen molar-refractivity contribution >= 4 is 39.1 Å². The summed E-state index contributed by atoms with van der Waals surface area (Å²) in [4.78, 5) is 26.9. The number of carbonyl (C=O) groups excluding carboxylic acids is 2. The predicted molar refractivity (Wildman–Crippen MR) is 120 cm³/mol. The number of amides is 2. The molecule has 7 nitrogen and oxygen atoms in total. The lowest BCUT2D eigenvalue weighted by Gasteiger charge is -2.22. The average molecular weight is 468 g/mol. The van der Waals surface area contributed by atoms with Gasteiger partial charge >= 0.3 is 0 Å². The minimum atomic E-state index is -0.530. The molecule has 0 unspecified atom stereocenters. The van der Waals surface area contributed by atoms with Gasteiger partial charge in [0.15, 0.2) is 0 Å². The number of primary amides is 1. The Morgan fingerprint density at radius 1 is 1.10 bits per heavy atom. The van der Waals surface area contributed by atoms with Gasteiger partial charge in [0.25, 0.3) is 5.91 Å². The van der Waals surface area contributed by atoms with E-state index in [0.29, 0.717) is 16.8 Å². The van der Waals surface area contributed by atoms with Crippen LogP contribution in [0.25, 0.3) is 5.69 Å². The molecule has 0 saturated carbocycles. The van der Waals surface area contributed by atoms with Crippen LogP contribution >= 0.6 is 15.9 Å². The number of anilines is 2. The number of hydrogen-bond donors (Lipinski definition) is 2. The van der Waals surface area contributed by atoms with Crippen molar-refractivity contribution in [3.8, 4) is 5.69 Å². The number of nitrogens with two attached hydrogens (primary N) is 1. The van der Waals surface area contributed by atoms with Gasteiger partial charge in [-0.25, -0.2) is 4.68 Å². The van der Waals surface area contributed by atoms with Gasteiger partial charge in [-0.15, -0.1) is 0 Å². The van der Waals surface area contributed by atoms with Crippen LogP contribution in [0.1, 0.15) is 39.3 Å². The number of hydrogen-bond acceptors (Lipinski definition) is 4. The molecular weight excluding hydrogens is 446 g/mol. The lowest BCUT2D eigenvalue weighted by molar-refractivity contribution is 0.0996. The number of benzene rings is 2. The van der Waals surface area contributed by atoms with Crippen LogP contribution in [-0.2, 0) is 0 Å². The summed E-state index contributed by atoms with van der Waals surface area (Å²) < 4.78 is 2.69. The third kappa shape index (κ3) is 3.95. The van der Waals surface area contributed by atoms with Crippen LogP contribution in [0.3, 0.4) is 0 Å². The zero-order valence-corrected chi connectivity index (χ0v) is 18.1. The van der Waals surface area contributed by atoms with E-state index in [0.717, 1.165) is 47.5 Å². The molecule has 1 aliphatic heterocycles. The molecule has 154 valence electrons. The molecule has 1 fully saturated rings. The van der Waals surface area contributed by atoms with E-state index < -0.39 is 5.91 Å². The number of rotatable bonds is 5. The molecular formula is C22H22BrN5O2. The lowest BCUT2D eigenvalue weighted by atomic mass is 10.1. The first-order chi connectivity index (χ1) is 14.4. The fourth-order valence-electron chi connectivity index (χ4n) is 3.69. The Kier molecular flexibility index (Phi) is 5.59. The van der Waals surface area contributed by atoms with Crippen molar-refractivity contribution in [2.45, 2.75) is 19.8 Å². The van der Waals surface area contributed by atoms with Crippen LogP contribution in [0.2, 0.25) is 0 Å². The van der Waals surface area contributed by atoms with E-state index >= 15 is 0 Å². The van der Waals surface area contributed by atoms with Crippen molar-refractivity contribution < 1.29 is 9.59 Å². The van der Waals surface area contributed by atoms with E-state index in [9.17, 15) is 9.59 Å². The second kappa shape index (κ2) is 8.31. The quantitative estimate of drug-likeness (QED) is 0.594. The molecule has 8 heteroatoms. The van der Waals surface area contributed by atoms with E-state index in [-0.39, 0.29) is 5.91 Å². The number of nitrogens with zero attached hydrogens (tertiary/aromatic N) is 3. The van der Waals surface area contributed by atoms with Gasteiger partial charge in [0.1, 0.15) is 0 Å². The Morgan fingerprint density at radius 3 is 2.47 bits per heavy atom. The smallest absolute Gasteiger partial charge is 0.259 e. The highest BCUT2D eigenvalue weighted by Gasteiger charge is 2.21. The third-order valence-corrected chi connectivity index (χ3v) is 5.83. The molecule has 0 aliphatic carbocycles. The van der Waals surface area contributed by atoms with Gasteiger partial charge in [0.2, 0.25) is 5.91 Å². The molecule has 2 amide bonds. The molecule has 0 bridgehead atoms. The summed E-state index contributed by atoms with van der Waals surface area (Å²) in [6, 6.07) is 12.9. The first-order valence-corrected chi connectivity index (χ1v) is 10.5. The van der Waals surface area contributed by atoms with E-state index in [4.69, 9.17) is 5.73 Å². The molecule has 1 aliphatic rings. The summed E-state index contributed by atoms with van der Waals surface area (Å²) >= 11 is 3.42. The standard InChI is InChI=1S/C22H22BrN5O2/c1-14-18(13-25-28(14)17-7-5-16(23)6-8-17)22(30)26-19-12-15(21(24)29)4-9-20(19)27-10-2-3-11-27/h4-9,12-13H,2-3,10-11H2,1H3,(H2,24,29)(H,26,30). The number of nitrogens with one attached hydrogen (secondary N) is 1. The zero-order chi connectivity index (χ0) is 21.3. The molecule has 0 spiro atoms. The molecule has 1 saturated heterocycles. The lowest BCUT2D eigenvalue weighted by Crippen LogP contribution is -2.22. The second-order valence-electron chi connectivity index (χ2n) is 7.28.